The van der Waals surface area contributed by atoms with Crippen LogP contribution in [0.2, 0.25) is 0 Å². The van der Waals surface area contributed by atoms with E-state index in [4.69, 9.17) is 0 Å². The molecule has 1 aromatic heterocycles. The van der Waals surface area contributed by atoms with Crippen LogP contribution in [0.15, 0.2) is 84.9 Å². The van der Waals surface area contributed by atoms with Gasteiger partial charge in [0.15, 0.2) is 17.5 Å². The molecule has 0 aliphatic carbocycles. The Morgan fingerprint density at radius 2 is 1.62 bits per heavy atom. The number of aromatic nitrogens is 2. The van der Waals surface area contributed by atoms with Gasteiger partial charge < -0.3 is 15.3 Å². The van der Waals surface area contributed by atoms with Crippen LogP contribution in [0.3, 0.4) is 0 Å². The molecule has 1 unspecified atom stereocenters. The van der Waals surface area contributed by atoms with Crippen molar-refractivity contribution in [1.29, 1.82) is 0 Å². The Bertz CT molecular complexity index is 1530. The normalized spacial score (nSPS) is 14.4. The van der Waals surface area contributed by atoms with Crippen molar-refractivity contribution in [2.75, 3.05) is 23.7 Å². The second kappa shape index (κ2) is 13.6. The van der Waals surface area contributed by atoms with Gasteiger partial charge >= 0.3 is 5.97 Å². The monoisotopic (exact) mass is 588 g/mol. The minimum atomic E-state index is -1.16. The van der Waals surface area contributed by atoms with Crippen molar-refractivity contribution in [3.8, 4) is 11.4 Å². The van der Waals surface area contributed by atoms with Crippen molar-refractivity contribution < 1.29 is 23.5 Å². The average molecular weight is 589 g/mol. The zero-order valence-corrected chi connectivity index (χ0v) is 23.6. The summed E-state index contributed by atoms with van der Waals surface area (Å²) < 4.78 is 27.7. The number of nitrogens with one attached hydrogen (secondary N) is 1. The Hall–Kier alpha value is -4.31. The molecule has 2 heterocycles. The second-order valence-corrected chi connectivity index (χ2v) is 11.1. The number of halogens is 2. The first-order chi connectivity index (χ1) is 20.4. The summed E-state index contributed by atoms with van der Waals surface area (Å²) >= 11 is 1.39. The number of benzene rings is 3. The van der Waals surface area contributed by atoms with Crippen molar-refractivity contribution in [3.63, 3.8) is 0 Å². The Morgan fingerprint density at radius 3 is 2.29 bits per heavy atom. The number of thioether (sulfide) groups is 1. The third-order valence-electron chi connectivity index (χ3n) is 7.21. The van der Waals surface area contributed by atoms with Crippen LogP contribution < -0.4 is 10.2 Å². The molecule has 5 rings (SSSR count). The highest BCUT2D eigenvalue weighted by atomic mass is 32.2. The van der Waals surface area contributed by atoms with Gasteiger partial charge in [-0.1, -0.05) is 60.7 Å². The average Bonchev–Trinajstić information content (AvgIpc) is 3.02. The van der Waals surface area contributed by atoms with Crippen molar-refractivity contribution in [2.24, 2.45) is 0 Å². The van der Waals surface area contributed by atoms with Gasteiger partial charge in [0.1, 0.15) is 17.6 Å². The number of amides is 1. The van der Waals surface area contributed by atoms with Crippen LogP contribution in [0.5, 0.6) is 0 Å². The molecule has 2 N–H and O–H groups in total. The number of carbonyl (C=O) groups is 2. The summed E-state index contributed by atoms with van der Waals surface area (Å²) in [6.07, 6.45) is 1.74. The molecular weight excluding hydrogens is 558 g/mol. The zero-order valence-electron chi connectivity index (χ0n) is 22.7. The Labute approximate surface area is 247 Å². The van der Waals surface area contributed by atoms with Crippen molar-refractivity contribution in [3.05, 3.63) is 113 Å². The Morgan fingerprint density at radius 1 is 0.929 bits per heavy atom. The van der Waals surface area contributed by atoms with Crippen molar-refractivity contribution >= 4 is 29.5 Å². The van der Waals surface area contributed by atoms with Gasteiger partial charge in [0.25, 0.3) is 5.91 Å². The lowest BCUT2D eigenvalue weighted by molar-refractivity contribution is -0.138. The molecule has 7 nitrogen and oxygen atoms in total. The highest BCUT2D eigenvalue weighted by molar-refractivity contribution is 7.98. The van der Waals surface area contributed by atoms with E-state index in [9.17, 15) is 23.5 Å². The largest absolute Gasteiger partial charge is 0.480 e. The van der Waals surface area contributed by atoms with E-state index in [-0.39, 0.29) is 22.8 Å². The predicted molar refractivity (Wildman–Crippen MR) is 160 cm³/mol. The highest BCUT2D eigenvalue weighted by Gasteiger charge is 2.26. The van der Waals surface area contributed by atoms with E-state index in [0.29, 0.717) is 30.6 Å². The molecule has 216 valence electrons. The molecule has 1 amide bonds. The van der Waals surface area contributed by atoms with Crippen LogP contribution in [0.4, 0.5) is 14.6 Å². The van der Waals surface area contributed by atoms with Crippen LogP contribution >= 0.6 is 11.8 Å². The van der Waals surface area contributed by atoms with Gasteiger partial charge in [-0.25, -0.2) is 23.5 Å². The summed E-state index contributed by atoms with van der Waals surface area (Å²) in [5.41, 5.74) is 2.47. The lowest BCUT2D eigenvalue weighted by Gasteiger charge is -2.33. The van der Waals surface area contributed by atoms with Crippen LogP contribution in [0, 0.1) is 11.6 Å². The molecular formula is C32H30F2N4O3S. The quantitative estimate of drug-likeness (QED) is 0.237. The third-order valence-corrected chi connectivity index (χ3v) is 8.32. The van der Waals surface area contributed by atoms with Crippen LogP contribution in [0.25, 0.3) is 11.4 Å². The van der Waals surface area contributed by atoms with Crippen LogP contribution in [0.1, 0.15) is 40.4 Å². The van der Waals surface area contributed by atoms with Gasteiger partial charge in [0.05, 0.1) is 0 Å². The SMILES string of the molecule is O=C(NC(CSCc1ccccc1)C(=O)O)c1cc(N2CCC(c3ccccc3)CC2)nc(-c2ccc(F)c(F)c2)n1. The molecule has 1 aliphatic heterocycles. The topological polar surface area (TPSA) is 95.4 Å². The molecule has 0 bridgehead atoms. The number of carboxylic acid groups (broad SMARTS) is 1. The summed E-state index contributed by atoms with van der Waals surface area (Å²) in [7, 11) is 0. The lowest BCUT2D eigenvalue weighted by atomic mass is 9.89. The molecule has 3 aromatic carbocycles. The van der Waals surface area contributed by atoms with E-state index in [1.807, 2.05) is 53.4 Å². The van der Waals surface area contributed by atoms with E-state index in [1.54, 1.807) is 0 Å². The lowest BCUT2D eigenvalue weighted by Crippen LogP contribution is -2.43. The smallest absolute Gasteiger partial charge is 0.327 e. The fourth-order valence-corrected chi connectivity index (χ4v) is 5.93. The molecule has 0 saturated carbocycles. The van der Waals surface area contributed by atoms with Crippen LogP contribution in [-0.2, 0) is 10.5 Å². The maximum absolute atomic E-state index is 14.1. The van der Waals surface area contributed by atoms with Gasteiger partial charge in [-0.15, -0.1) is 0 Å². The molecule has 42 heavy (non-hydrogen) atoms. The molecule has 10 heteroatoms. The number of nitrogens with zero attached hydrogens (tertiary/aromatic N) is 3. The molecule has 1 fully saturated rings. The zero-order chi connectivity index (χ0) is 29.5. The number of aliphatic carboxylic acids is 1. The van der Waals surface area contributed by atoms with Gasteiger partial charge in [-0.3, -0.25) is 4.79 Å². The number of carbonyl (C=O) groups excluding carboxylic acids is 1. The van der Waals surface area contributed by atoms with Crippen molar-refractivity contribution in [2.45, 2.75) is 30.6 Å². The molecule has 0 radical (unpaired) electrons. The van der Waals surface area contributed by atoms with Gasteiger partial charge in [-0.05, 0) is 48.1 Å². The summed E-state index contributed by atoms with van der Waals surface area (Å²) in [6.45, 7) is 1.34. The number of hydrogen-bond donors (Lipinski definition) is 2. The fourth-order valence-electron chi connectivity index (χ4n) is 4.92. The van der Waals surface area contributed by atoms with Crippen molar-refractivity contribution in [1.82, 2.24) is 15.3 Å². The predicted octanol–water partition coefficient (Wildman–Crippen LogP) is 5.92. The summed E-state index contributed by atoms with van der Waals surface area (Å²) in [5.74, 6) is -2.27. The first kappa shape index (κ1) is 29.2. The number of rotatable bonds is 10. The van der Waals surface area contributed by atoms with E-state index in [1.165, 1.54) is 29.5 Å². The van der Waals surface area contributed by atoms with Gasteiger partial charge in [-0.2, -0.15) is 11.8 Å². The first-order valence-corrected chi connectivity index (χ1v) is 14.8. The van der Waals surface area contributed by atoms with E-state index < -0.39 is 29.6 Å². The van der Waals surface area contributed by atoms with Gasteiger partial charge in [0, 0.05) is 36.2 Å². The minimum Gasteiger partial charge on any atom is -0.480 e. The maximum atomic E-state index is 14.1. The molecule has 1 atom stereocenters. The highest BCUT2D eigenvalue weighted by Crippen LogP contribution is 2.31. The molecule has 1 saturated heterocycles. The number of anilines is 1. The number of carboxylic acids is 1. The molecule has 4 aromatic rings. The van der Waals surface area contributed by atoms with E-state index >= 15 is 0 Å². The molecule has 1 aliphatic rings. The summed E-state index contributed by atoms with van der Waals surface area (Å²) in [5, 5.41) is 12.4. The number of hydrogen-bond acceptors (Lipinski definition) is 6. The van der Waals surface area contributed by atoms with Crippen LogP contribution in [-0.4, -0.2) is 51.8 Å². The Balaban J connectivity index is 1.36. The summed E-state index contributed by atoms with van der Waals surface area (Å²) in [6, 6.07) is 23.6. The second-order valence-electron chi connectivity index (χ2n) is 10.1. The van der Waals surface area contributed by atoms with Gasteiger partial charge in [0.2, 0.25) is 0 Å². The molecule has 0 spiro atoms. The first-order valence-electron chi connectivity index (χ1n) is 13.7. The maximum Gasteiger partial charge on any atom is 0.327 e. The minimum absolute atomic E-state index is 0.0482. The standard InChI is InChI=1S/C32H30F2N4O3S/c33-25-12-11-24(17-26(25)34)30-35-27(31(39)36-28(32(40)41)20-42-19-21-7-3-1-4-8-21)18-29(37-30)38-15-13-23(14-16-38)22-9-5-2-6-10-22/h1-12,17-18,23,28H,13-16,19-20H2,(H,36,39)(H,40,41). The fraction of sp³-hybridized carbons (Fsp3) is 0.250. The third kappa shape index (κ3) is 7.30. The van der Waals surface area contributed by atoms with E-state index in [0.717, 1.165) is 30.5 Å². The Kier molecular flexibility index (Phi) is 9.43. The summed E-state index contributed by atoms with van der Waals surface area (Å²) in [4.78, 5) is 36.3. The van der Waals surface area contributed by atoms with E-state index in [2.05, 4.69) is 27.4 Å². The number of piperidine rings is 1.